The normalized spacial score (nSPS) is 27.6. The van der Waals surface area contributed by atoms with E-state index in [-0.39, 0.29) is 30.2 Å². The number of ether oxygens (including phenoxy) is 2. The van der Waals surface area contributed by atoms with Crippen LogP contribution >= 0.6 is 0 Å². The molecule has 10 nitrogen and oxygen atoms in total. The Morgan fingerprint density at radius 3 is 2.76 bits per heavy atom. The van der Waals surface area contributed by atoms with Crippen molar-refractivity contribution in [2.75, 3.05) is 18.6 Å². The lowest BCUT2D eigenvalue weighted by atomic mass is 9.83. The number of hydrazone groups is 1. The molecule has 0 aromatic heterocycles. The highest BCUT2D eigenvalue weighted by atomic mass is 16.7. The van der Waals surface area contributed by atoms with E-state index in [1.807, 2.05) is 0 Å². The molecule has 0 unspecified atom stereocenters. The lowest BCUT2D eigenvalue weighted by Gasteiger charge is -2.39. The zero-order valence-electron chi connectivity index (χ0n) is 13.6. The van der Waals surface area contributed by atoms with E-state index in [1.54, 1.807) is 0 Å². The molecule has 2 fully saturated rings. The van der Waals surface area contributed by atoms with Gasteiger partial charge in [-0.1, -0.05) is 6.92 Å². The first-order chi connectivity index (χ1) is 12.0. The summed E-state index contributed by atoms with van der Waals surface area (Å²) in [6.45, 7) is 3.10. The number of benzene rings is 1. The van der Waals surface area contributed by atoms with E-state index in [4.69, 9.17) is 9.47 Å². The molecular formula is C15H18N4O6. The highest BCUT2D eigenvalue weighted by Crippen LogP contribution is 2.34. The lowest BCUT2D eigenvalue weighted by Crippen LogP contribution is -2.43. The van der Waals surface area contributed by atoms with Crippen molar-refractivity contribution in [2.45, 2.75) is 26.1 Å². The Kier molecular flexibility index (Phi) is 4.91. The van der Waals surface area contributed by atoms with Gasteiger partial charge in [-0.25, -0.2) is 0 Å². The Morgan fingerprint density at radius 1 is 1.24 bits per heavy atom. The van der Waals surface area contributed by atoms with E-state index in [9.17, 15) is 20.2 Å². The molecule has 3 atom stereocenters. The third-order valence-corrected chi connectivity index (χ3v) is 4.54. The number of anilines is 1. The van der Waals surface area contributed by atoms with E-state index in [1.165, 1.54) is 12.1 Å². The van der Waals surface area contributed by atoms with Gasteiger partial charge in [-0.05, 0) is 24.8 Å². The topological polar surface area (TPSA) is 129 Å². The summed E-state index contributed by atoms with van der Waals surface area (Å²) in [6.07, 6.45) is 1.41. The molecule has 0 saturated carbocycles. The summed E-state index contributed by atoms with van der Waals surface area (Å²) in [6, 6.07) is 3.38. The van der Waals surface area contributed by atoms with Crippen LogP contribution in [0.15, 0.2) is 23.3 Å². The van der Waals surface area contributed by atoms with E-state index in [0.717, 1.165) is 18.2 Å². The van der Waals surface area contributed by atoms with Gasteiger partial charge in [-0.3, -0.25) is 25.7 Å². The van der Waals surface area contributed by atoms with Crippen LogP contribution in [-0.2, 0) is 9.47 Å². The second-order valence-corrected chi connectivity index (χ2v) is 6.19. The monoisotopic (exact) mass is 350 g/mol. The molecule has 0 spiro atoms. The van der Waals surface area contributed by atoms with E-state index >= 15 is 0 Å². The van der Waals surface area contributed by atoms with Gasteiger partial charge < -0.3 is 9.47 Å². The Morgan fingerprint density at radius 2 is 2.04 bits per heavy atom. The molecule has 0 bridgehead atoms. The second kappa shape index (κ2) is 7.11. The number of nitro benzene ring substituents is 2. The van der Waals surface area contributed by atoms with Gasteiger partial charge in [0, 0.05) is 12.0 Å². The van der Waals surface area contributed by atoms with Crippen LogP contribution in [0.25, 0.3) is 0 Å². The van der Waals surface area contributed by atoms with Gasteiger partial charge in [0.05, 0.1) is 34.8 Å². The van der Waals surface area contributed by atoms with Crippen LogP contribution in [0.4, 0.5) is 17.1 Å². The highest BCUT2D eigenvalue weighted by Gasteiger charge is 2.36. The van der Waals surface area contributed by atoms with Crippen LogP contribution < -0.4 is 5.43 Å². The Labute approximate surface area is 143 Å². The van der Waals surface area contributed by atoms with Gasteiger partial charge in [0.25, 0.3) is 5.69 Å². The SMILES string of the molecule is C[C@@H]1CCO[C@@H]2OC/C(=N/Nc3ccc([N+](=O)[O-])cc3[N+](=O)[O-])C[C@@H]21. The molecule has 2 aliphatic heterocycles. The van der Waals surface area contributed by atoms with Gasteiger partial charge in [-0.15, -0.1) is 0 Å². The van der Waals surface area contributed by atoms with Crippen LogP contribution in [0.1, 0.15) is 19.8 Å². The van der Waals surface area contributed by atoms with E-state index < -0.39 is 15.5 Å². The fourth-order valence-electron chi connectivity index (χ4n) is 3.05. The first-order valence-electron chi connectivity index (χ1n) is 7.93. The van der Waals surface area contributed by atoms with Gasteiger partial charge in [0.2, 0.25) is 0 Å². The van der Waals surface area contributed by atoms with Gasteiger partial charge in [-0.2, -0.15) is 5.10 Å². The maximum absolute atomic E-state index is 11.1. The molecule has 2 aliphatic rings. The third kappa shape index (κ3) is 3.74. The van der Waals surface area contributed by atoms with Gasteiger partial charge in [0.15, 0.2) is 6.29 Å². The first kappa shape index (κ1) is 17.2. The predicted octanol–water partition coefficient (Wildman–Crippen LogP) is 2.69. The van der Waals surface area contributed by atoms with Crippen molar-refractivity contribution < 1.29 is 19.3 Å². The molecule has 1 aromatic carbocycles. The third-order valence-electron chi connectivity index (χ3n) is 4.54. The number of hydrogen-bond acceptors (Lipinski definition) is 8. The first-order valence-corrected chi connectivity index (χ1v) is 7.93. The average Bonchev–Trinajstić information content (AvgIpc) is 2.60. The second-order valence-electron chi connectivity index (χ2n) is 6.19. The molecule has 0 radical (unpaired) electrons. The molecule has 10 heteroatoms. The van der Waals surface area contributed by atoms with Crippen molar-refractivity contribution >= 4 is 22.8 Å². The fourth-order valence-corrected chi connectivity index (χ4v) is 3.05. The fraction of sp³-hybridized carbons (Fsp3) is 0.533. The molecular weight excluding hydrogens is 332 g/mol. The zero-order valence-corrected chi connectivity index (χ0v) is 13.6. The van der Waals surface area contributed by atoms with Gasteiger partial charge in [0.1, 0.15) is 5.69 Å². The number of hydrogen-bond donors (Lipinski definition) is 1. The van der Waals surface area contributed by atoms with Crippen LogP contribution in [0.3, 0.4) is 0 Å². The van der Waals surface area contributed by atoms with Crippen LogP contribution in [0.5, 0.6) is 0 Å². The van der Waals surface area contributed by atoms with Crippen LogP contribution in [0, 0.1) is 32.1 Å². The van der Waals surface area contributed by atoms with Crippen LogP contribution in [-0.4, -0.2) is 35.1 Å². The molecule has 134 valence electrons. The van der Waals surface area contributed by atoms with Crippen molar-refractivity contribution in [2.24, 2.45) is 16.9 Å². The van der Waals surface area contributed by atoms with Crippen molar-refractivity contribution in [3.63, 3.8) is 0 Å². The smallest absolute Gasteiger partial charge is 0.301 e. The molecule has 2 saturated heterocycles. The standard InChI is InChI=1S/C15H18N4O6/c1-9-4-5-24-15-12(9)6-10(8-25-15)16-17-13-3-2-11(18(20)21)7-14(13)19(22)23/h2-3,7,9,12,15,17H,4-6,8H2,1H3/b16-10+/t9-,12-,15-/m1/s1. The number of fused-ring (bicyclic) bond motifs is 1. The maximum atomic E-state index is 11.1. The molecule has 1 N–H and O–H groups in total. The Balaban J connectivity index is 1.75. The summed E-state index contributed by atoms with van der Waals surface area (Å²) in [5.74, 6) is 0.646. The molecule has 0 amide bonds. The number of rotatable bonds is 4. The molecule has 3 rings (SSSR count). The van der Waals surface area contributed by atoms with E-state index in [0.29, 0.717) is 18.9 Å². The van der Waals surface area contributed by atoms with Crippen LogP contribution in [0.2, 0.25) is 0 Å². The number of nitrogens with one attached hydrogen (secondary N) is 1. The molecule has 1 aromatic rings. The largest absolute Gasteiger partial charge is 0.352 e. The summed E-state index contributed by atoms with van der Waals surface area (Å²) < 4.78 is 11.3. The van der Waals surface area contributed by atoms with E-state index in [2.05, 4.69) is 17.5 Å². The zero-order chi connectivity index (χ0) is 18.0. The quantitative estimate of drug-likeness (QED) is 0.652. The summed E-state index contributed by atoms with van der Waals surface area (Å²) in [5, 5.41) is 26.1. The Bertz CT molecular complexity index is 722. The number of nitro groups is 2. The number of non-ortho nitro benzene ring substituents is 1. The van der Waals surface area contributed by atoms with Crippen molar-refractivity contribution in [1.29, 1.82) is 0 Å². The van der Waals surface area contributed by atoms with Crippen molar-refractivity contribution in [1.82, 2.24) is 0 Å². The van der Waals surface area contributed by atoms with Crippen molar-refractivity contribution in [3.8, 4) is 0 Å². The summed E-state index contributed by atoms with van der Waals surface area (Å²) in [7, 11) is 0. The molecule has 25 heavy (non-hydrogen) atoms. The van der Waals surface area contributed by atoms with Gasteiger partial charge >= 0.3 is 5.69 Å². The lowest BCUT2D eigenvalue weighted by molar-refractivity contribution is -0.393. The average molecular weight is 350 g/mol. The minimum absolute atomic E-state index is 0.0955. The summed E-state index contributed by atoms with van der Waals surface area (Å²) in [5.41, 5.74) is 2.72. The maximum Gasteiger partial charge on any atom is 0.301 e. The summed E-state index contributed by atoms with van der Waals surface area (Å²) in [4.78, 5) is 20.5. The minimum atomic E-state index is -0.681. The number of nitrogens with zero attached hydrogens (tertiary/aromatic N) is 3. The Hall–Kier alpha value is -2.59. The molecule has 2 heterocycles. The predicted molar refractivity (Wildman–Crippen MR) is 88.4 cm³/mol. The van der Waals surface area contributed by atoms with Crippen molar-refractivity contribution in [3.05, 3.63) is 38.4 Å². The minimum Gasteiger partial charge on any atom is -0.352 e. The summed E-state index contributed by atoms with van der Waals surface area (Å²) >= 11 is 0. The highest BCUT2D eigenvalue weighted by molar-refractivity contribution is 5.87. The molecule has 0 aliphatic carbocycles.